The second-order valence-corrected chi connectivity index (χ2v) is 6.15. The summed E-state index contributed by atoms with van der Waals surface area (Å²) in [6, 6.07) is 2.26. The smallest absolute Gasteiger partial charge is 0.0445 e. The average molecular weight is 275 g/mol. The van der Waals surface area contributed by atoms with Crippen LogP contribution in [0.15, 0.2) is 12.3 Å². The standard InChI is InChI=1S/C17H29N3/c1-4-8-18-12-16-13-19-15(3)11-17(16)20-9-5-6-14(2)7-10-20/h11,13-14,18H,4-10,12H2,1-3H3. The molecule has 0 aliphatic carbocycles. The molecule has 1 aromatic rings. The van der Waals surface area contributed by atoms with Crippen molar-refractivity contribution in [1.29, 1.82) is 0 Å². The normalized spacial score (nSPS) is 19.9. The minimum atomic E-state index is 0.865. The molecule has 0 bridgehead atoms. The number of anilines is 1. The van der Waals surface area contributed by atoms with Crippen LogP contribution in [0.3, 0.4) is 0 Å². The SMILES string of the molecule is CCCNCc1cnc(C)cc1N1CCCC(C)CC1. The number of rotatable bonds is 5. The van der Waals surface area contributed by atoms with Gasteiger partial charge in [0.1, 0.15) is 0 Å². The summed E-state index contributed by atoms with van der Waals surface area (Å²) in [6.45, 7) is 11.1. The van der Waals surface area contributed by atoms with Gasteiger partial charge >= 0.3 is 0 Å². The first-order valence-corrected chi connectivity index (χ1v) is 8.12. The van der Waals surface area contributed by atoms with E-state index in [-0.39, 0.29) is 0 Å². The molecule has 3 nitrogen and oxygen atoms in total. The van der Waals surface area contributed by atoms with Gasteiger partial charge in [0.25, 0.3) is 0 Å². The lowest BCUT2D eigenvalue weighted by Crippen LogP contribution is -2.27. The monoisotopic (exact) mass is 275 g/mol. The summed E-state index contributed by atoms with van der Waals surface area (Å²) in [5.41, 5.74) is 3.87. The fourth-order valence-electron chi connectivity index (χ4n) is 2.91. The van der Waals surface area contributed by atoms with Gasteiger partial charge in [-0.05, 0) is 51.1 Å². The first kappa shape index (κ1) is 15.3. The van der Waals surface area contributed by atoms with Crippen LogP contribution in [0.4, 0.5) is 5.69 Å². The maximum Gasteiger partial charge on any atom is 0.0445 e. The van der Waals surface area contributed by atoms with Crippen LogP contribution >= 0.6 is 0 Å². The van der Waals surface area contributed by atoms with E-state index in [1.54, 1.807) is 0 Å². The number of nitrogens with zero attached hydrogens (tertiary/aromatic N) is 2. The molecular formula is C17H29N3. The minimum absolute atomic E-state index is 0.865. The van der Waals surface area contributed by atoms with Crippen molar-refractivity contribution in [3.63, 3.8) is 0 Å². The van der Waals surface area contributed by atoms with E-state index in [1.807, 2.05) is 0 Å². The largest absolute Gasteiger partial charge is 0.371 e. The quantitative estimate of drug-likeness (QED) is 0.833. The first-order chi connectivity index (χ1) is 9.70. The van der Waals surface area contributed by atoms with Crippen LogP contribution in [0, 0.1) is 12.8 Å². The molecule has 112 valence electrons. The molecule has 2 rings (SSSR count). The average Bonchev–Trinajstić information content (AvgIpc) is 2.65. The van der Waals surface area contributed by atoms with E-state index in [1.165, 1.54) is 50.0 Å². The molecule has 1 aliphatic heterocycles. The third kappa shape index (κ3) is 4.20. The van der Waals surface area contributed by atoms with Crippen LogP contribution in [-0.2, 0) is 6.54 Å². The Balaban J connectivity index is 2.13. The zero-order valence-electron chi connectivity index (χ0n) is 13.3. The number of hydrogen-bond donors (Lipinski definition) is 1. The molecule has 1 fully saturated rings. The second-order valence-electron chi connectivity index (χ2n) is 6.15. The van der Waals surface area contributed by atoms with Gasteiger partial charge in [-0.25, -0.2) is 0 Å². The van der Waals surface area contributed by atoms with Gasteiger partial charge in [-0.15, -0.1) is 0 Å². The summed E-state index contributed by atoms with van der Waals surface area (Å²) in [6.07, 6.45) is 7.22. The van der Waals surface area contributed by atoms with Crippen LogP contribution in [0.1, 0.15) is 50.8 Å². The molecule has 1 N–H and O–H groups in total. The molecule has 3 heteroatoms. The molecule has 0 saturated carbocycles. The fraction of sp³-hybridized carbons (Fsp3) is 0.706. The fourth-order valence-corrected chi connectivity index (χ4v) is 2.91. The molecular weight excluding hydrogens is 246 g/mol. The van der Waals surface area contributed by atoms with Crippen LogP contribution < -0.4 is 10.2 Å². The summed E-state index contributed by atoms with van der Waals surface area (Å²) >= 11 is 0. The third-order valence-electron chi connectivity index (χ3n) is 4.20. The lowest BCUT2D eigenvalue weighted by atomic mass is 10.0. The van der Waals surface area contributed by atoms with Crippen molar-refractivity contribution >= 4 is 5.69 Å². The van der Waals surface area contributed by atoms with Crippen molar-refractivity contribution in [2.24, 2.45) is 5.92 Å². The van der Waals surface area contributed by atoms with Crippen molar-refractivity contribution in [1.82, 2.24) is 10.3 Å². The maximum atomic E-state index is 4.49. The Hall–Kier alpha value is -1.09. The van der Waals surface area contributed by atoms with Crippen LogP contribution in [0.2, 0.25) is 0 Å². The molecule has 1 unspecified atom stereocenters. The van der Waals surface area contributed by atoms with Crippen molar-refractivity contribution in [3.8, 4) is 0 Å². The van der Waals surface area contributed by atoms with Gasteiger partial charge in [-0.2, -0.15) is 0 Å². The Labute approximate surface area is 123 Å². The molecule has 1 aromatic heterocycles. The second kappa shape index (κ2) is 7.63. The van der Waals surface area contributed by atoms with Gasteiger partial charge < -0.3 is 10.2 Å². The molecule has 1 atom stereocenters. The van der Waals surface area contributed by atoms with Crippen molar-refractivity contribution < 1.29 is 0 Å². The van der Waals surface area contributed by atoms with Gasteiger partial charge in [0.15, 0.2) is 0 Å². The van der Waals surface area contributed by atoms with Gasteiger partial charge in [0.2, 0.25) is 0 Å². The number of aromatic nitrogens is 1. The topological polar surface area (TPSA) is 28.2 Å². The minimum Gasteiger partial charge on any atom is -0.371 e. The van der Waals surface area contributed by atoms with E-state index in [2.05, 4.69) is 48.2 Å². The van der Waals surface area contributed by atoms with Crippen LogP contribution in [0.5, 0.6) is 0 Å². The van der Waals surface area contributed by atoms with E-state index >= 15 is 0 Å². The molecule has 2 heterocycles. The lowest BCUT2D eigenvalue weighted by molar-refractivity contribution is 0.521. The Bertz CT molecular complexity index is 417. The molecule has 0 spiro atoms. The predicted octanol–water partition coefficient (Wildman–Crippen LogP) is 3.52. The summed E-state index contributed by atoms with van der Waals surface area (Å²) < 4.78 is 0. The number of pyridine rings is 1. The highest BCUT2D eigenvalue weighted by Gasteiger charge is 2.17. The van der Waals surface area contributed by atoms with E-state index in [0.29, 0.717) is 0 Å². The highest BCUT2D eigenvalue weighted by Crippen LogP contribution is 2.26. The molecule has 0 radical (unpaired) electrons. The van der Waals surface area contributed by atoms with E-state index in [9.17, 15) is 0 Å². The van der Waals surface area contributed by atoms with Gasteiger partial charge in [-0.1, -0.05) is 13.8 Å². The Morgan fingerprint density at radius 3 is 3.00 bits per heavy atom. The van der Waals surface area contributed by atoms with E-state index < -0.39 is 0 Å². The molecule has 1 saturated heterocycles. The first-order valence-electron chi connectivity index (χ1n) is 8.12. The maximum absolute atomic E-state index is 4.49. The summed E-state index contributed by atoms with van der Waals surface area (Å²) in [4.78, 5) is 7.06. The number of nitrogens with one attached hydrogen (secondary N) is 1. The Morgan fingerprint density at radius 2 is 2.20 bits per heavy atom. The van der Waals surface area contributed by atoms with Crippen molar-refractivity contribution in [3.05, 3.63) is 23.5 Å². The summed E-state index contributed by atoms with van der Waals surface area (Å²) in [5.74, 6) is 0.865. The van der Waals surface area contributed by atoms with Crippen LogP contribution in [-0.4, -0.2) is 24.6 Å². The summed E-state index contributed by atoms with van der Waals surface area (Å²) in [7, 11) is 0. The van der Waals surface area contributed by atoms with E-state index in [0.717, 1.165) is 24.7 Å². The van der Waals surface area contributed by atoms with Gasteiger partial charge in [0.05, 0.1) is 0 Å². The zero-order valence-corrected chi connectivity index (χ0v) is 13.3. The zero-order chi connectivity index (χ0) is 14.4. The number of aryl methyl sites for hydroxylation is 1. The van der Waals surface area contributed by atoms with Gasteiger partial charge in [-0.3, -0.25) is 4.98 Å². The molecule has 20 heavy (non-hydrogen) atoms. The predicted molar refractivity (Wildman–Crippen MR) is 86.2 cm³/mol. The molecule has 0 amide bonds. The molecule has 1 aliphatic rings. The summed E-state index contributed by atoms with van der Waals surface area (Å²) in [5, 5.41) is 3.51. The van der Waals surface area contributed by atoms with Crippen LogP contribution in [0.25, 0.3) is 0 Å². The van der Waals surface area contributed by atoms with E-state index in [4.69, 9.17) is 0 Å². The van der Waals surface area contributed by atoms with Gasteiger partial charge in [0, 0.05) is 42.8 Å². The van der Waals surface area contributed by atoms with Crippen molar-refractivity contribution in [2.45, 2.75) is 53.0 Å². The Morgan fingerprint density at radius 1 is 1.35 bits per heavy atom. The molecule has 0 aromatic carbocycles. The third-order valence-corrected chi connectivity index (χ3v) is 4.20. The highest BCUT2D eigenvalue weighted by molar-refractivity contribution is 5.53. The highest BCUT2D eigenvalue weighted by atomic mass is 15.1. The lowest BCUT2D eigenvalue weighted by Gasteiger charge is -2.26. The Kier molecular flexibility index (Phi) is 5.84. The van der Waals surface area contributed by atoms with Crippen molar-refractivity contribution in [2.75, 3.05) is 24.5 Å². The number of hydrogen-bond acceptors (Lipinski definition) is 3.